The summed E-state index contributed by atoms with van der Waals surface area (Å²) in [6.45, 7) is 2.50. The van der Waals surface area contributed by atoms with E-state index in [0.717, 1.165) is 0 Å². The van der Waals surface area contributed by atoms with Crippen LogP contribution in [-0.4, -0.2) is 47.0 Å². The molecule has 0 aliphatic carbocycles. The van der Waals surface area contributed by atoms with Crippen molar-refractivity contribution >= 4 is 11.9 Å². The van der Waals surface area contributed by atoms with E-state index in [4.69, 9.17) is 9.84 Å². The zero-order valence-electron chi connectivity index (χ0n) is 10.4. The van der Waals surface area contributed by atoms with E-state index < -0.39 is 12.0 Å². The number of carbonyl (C=O) groups excluding carboxylic acids is 1. The van der Waals surface area contributed by atoms with Crippen LogP contribution in [-0.2, 0) is 9.53 Å². The third kappa shape index (κ3) is 3.56. The highest BCUT2D eigenvalue weighted by Crippen LogP contribution is 2.09. The fraction of sp³-hybridized carbons (Fsp3) is 0.545. The molecule has 1 aromatic heterocycles. The second-order valence-electron chi connectivity index (χ2n) is 3.78. The number of ether oxygens (including phenoxy) is 1. The van der Waals surface area contributed by atoms with Gasteiger partial charge < -0.3 is 15.2 Å². The van der Waals surface area contributed by atoms with Crippen LogP contribution in [0.1, 0.15) is 29.9 Å². The minimum absolute atomic E-state index is 0.238. The average molecular weight is 255 g/mol. The van der Waals surface area contributed by atoms with Gasteiger partial charge in [0.05, 0.1) is 0 Å². The highest BCUT2D eigenvalue weighted by Gasteiger charge is 2.20. The van der Waals surface area contributed by atoms with Crippen LogP contribution < -0.4 is 5.32 Å². The number of methoxy groups -OCH3 is 1. The van der Waals surface area contributed by atoms with Gasteiger partial charge in [-0.25, -0.2) is 9.48 Å². The molecule has 0 saturated heterocycles. The first-order chi connectivity index (χ1) is 8.57. The number of aliphatic carboxylic acids is 1. The lowest BCUT2D eigenvalue weighted by atomic mass is 10.3. The summed E-state index contributed by atoms with van der Waals surface area (Å²) in [6, 6.07) is 0.616. The summed E-state index contributed by atoms with van der Waals surface area (Å²) in [4.78, 5) is 22.7. The molecule has 100 valence electrons. The minimum Gasteiger partial charge on any atom is -0.480 e. The topological polar surface area (TPSA) is 93.5 Å². The van der Waals surface area contributed by atoms with E-state index in [-0.39, 0.29) is 11.6 Å². The Morgan fingerprint density at radius 2 is 2.33 bits per heavy atom. The molecule has 1 aromatic rings. The summed E-state index contributed by atoms with van der Waals surface area (Å²) in [5.41, 5.74) is 0.238. The van der Waals surface area contributed by atoms with Gasteiger partial charge in [-0.2, -0.15) is 5.10 Å². The van der Waals surface area contributed by atoms with Gasteiger partial charge in [0, 0.05) is 26.5 Å². The normalized spacial score (nSPS) is 12.1. The van der Waals surface area contributed by atoms with E-state index in [2.05, 4.69) is 10.4 Å². The monoisotopic (exact) mass is 255 g/mol. The quantitative estimate of drug-likeness (QED) is 0.683. The molecule has 2 N–H and O–H groups in total. The van der Waals surface area contributed by atoms with Gasteiger partial charge in [0.25, 0.3) is 5.91 Å². The van der Waals surface area contributed by atoms with Crippen molar-refractivity contribution < 1.29 is 19.4 Å². The second-order valence-corrected chi connectivity index (χ2v) is 3.78. The third-order valence-electron chi connectivity index (χ3n) is 2.44. The number of carboxylic acid groups (broad SMARTS) is 1. The molecule has 0 bridgehead atoms. The van der Waals surface area contributed by atoms with Gasteiger partial charge in [0.2, 0.25) is 0 Å². The van der Waals surface area contributed by atoms with Crippen LogP contribution in [0.3, 0.4) is 0 Å². The van der Waals surface area contributed by atoms with Crippen molar-refractivity contribution in [3.05, 3.63) is 18.0 Å². The van der Waals surface area contributed by atoms with Crippen molar-refractivity contribution in [3.63, 3.8) is 0 Å². The van der Waals surface area contributed by atoms with Crippen LogP contribution >= 0.6 is 0 Å². The van der Waals surface area contributed by atoms with E-state index in [9.17, 15) is 9.59 Å². The van der Waals surface area contributed by atoms with Crippen molar-refractivity contribution in [2.24, 2.45) is 0 Å². The number of amides is 1. The maximum absolute atomic E-state index is 11.8. The van der Waals surface area contributed by atoms with Gasteiger partial charge in [0.15, 0.2) is 0 Å². The van der Waals surface area contributed by atoms with Gasteiger partial charge in [0.1, 0.15) is 11.7 Å². The number of hydrogen-bond acceptors (Lipinski definition) is 4. The summed E-state index contributed by atoms with van der Waals surface area (Å²) in [5, 5.41) is 15.4. The highest BCUT2D eigenvalue weighted by molar-refractivity contribution is 5.93. The SMILES string of the molecule is COCCCNC(=O)c1ccnn1C(C)C(=O)O. The smallest absolute Gasteiger partial charge is 0.328 e. The van der Waals surface area contributed by atoms with Crippen LogP contribution in [0.2, 0.25) is 0 Å². The van der Waals surface area contributed by atoms with Crippen molar-refractivity contribution in [2.75, 3.05) is 20.3 Å². The van der Waals surface area contributed by atoms with Gasteiger partial charge in [-0.05, 0) is 19.4 Å². The predicted octanol–water partition coefficient (Wildman–Crippen LogP) is 0.295. The summed E-state index contributed by atoms with van der Waals surface area (Å²) in [5.74, 6) is -1.37. The number of nitrogens with one attached hydrogen (secondary N) is 1. The van der Waals surface area contributed by atoms with E-state index in [1.165, 1.54) is 23.9 Å². The first-order valence-corrected chi connectivity index (χ1v) is 5.61. The molecule has 1 heterocycles. The number of aromatic nitrogens is 2. The minimum atomic E-state index is -1.04. The third-order valence-corrected chi connectivity index (χ3v) is 2.44. The number of rotatable bonds is 7. The molecule has 1 atom stereocenters. The Hall–Kier alpha value is -1.89. The van der Waals surface area contributed by atoms with Gasteiger partial charge in [-0.1, -0.05) is 0 Å². The predicted molar refractivity (Wildman–Crippen MR) is 63.4 cm³/mol. The van der Waals surface area contributed by atoms with Crippen LogP contribution in [0.5, 0.6) is 0 Å². The molecule has 7 nitrogen and oxygen atoms in total. The van der Waals surface area contributed by atoms with E-state index in [0.29, 0.717) is 19.6 Å². The largest absolute Gasteiger partial charge is 0.480 e. The molecular weight excluding hydrogens is 238 g/mol. The Morgan fingerprint density at radius 1 is 1.61 bits per heavy atom. The average Bonchev–Trinajstić information content (AvgIpc) is 2.82. The first kappa shape index (κ1) is 14.2. The molecule has 1 amide bonds. The van der Waals surface area contributed by atoms with Gasteiger partial charge >= 0.3 is 5.97 Å². The van der Waals surface area contributed by atoms with Crippen LogP contribution in [0.15, 0.2) is 12.3 Å². The molecule has 0 saturated carbocycles. The van der Waals surface area contributed by atoms with Crippen molar-refractivity contribution in [2.45, 2.75) is 19.4 Å². The summed E-state index contributed by atoms with van der Waals surface area (Å²) < 4.78 is 6.05. The summed E-state index contributed by atoms with van der Waals surface area (Å²) in [6.07, 6.45) is 2.11. The van der Waals surface area contributed by atoms with E-state index >= 15 is 0 Å². The molecule has 7 heteroatoms. The molecule has 0 radical (unpaired) electrons. The molecule has 0 spiro atoms. The number of hydrogen-bond donors (Lipinski definition) is 2. The van der Waals surface area contributed by atoms with E-state index in [1.54, 1.807) is 7.11 Å². The fourth-order valence-corrected chi connectivity index (χ4v) is 1.42. The Labute approximate surface area is 105 Å². The van der Waals surface area contributed by atoms with Crippen molar-refractivity contribution in [1.82, 2.24) is 15.1 Å². The van der Waals surface area contributed by atoms with E-state index in [1.807, 2.05) is 0 Å². The molecule has 1 unspecified atom stereocenters. The molecule has 0 aliphatic rings. The second kappa shape index (κ2) is 6.75. The van der Waals surface area contributed by atoms with Crippen LogP contribution in [0.25, 0.3) is 0 Å². The Balaban J connectivity index is 2.63. The van der Waals surface area contributed by atoms with Gasteiger partial charge in [-0.3, -0.25) is 4.79 Å². The standard InChI is InChI=1S/C11H17N3O4/c1-8(11(16)17)14-9(4-6-13-14)10(15)12-5-3-7-18-2/h4,6,8H,3,5,7H2,1-2H3,(H,12,15)(H,16,17). The Kier molecular flexibility index (Phi) is 5.31. The van der Waals surface area contributed by atoms with Crippen LogP contribution in [0.4, 0.5) is 0 Å². The summed E-state index contributed by atoms with van der Waals surface area (Å²) >= 11 is 0. The molecule has 18 heavy (non-hydrogen) atoms. The Bertz CT molecular complexity index is 416. The molecule has 0 aliphatic heterocycles. The first-order valence-electron chi connectivity index (χ1n) is 5.61. The van der Waals surface area contributed by atoms with Gasteiger partial charge in [-0.15, -0.1) is 0 Å². The zero-order chi connectivity index (χ0) is 13.5. The molecular formula is C11H17N3O4. The molecule has 0 fully saturated rings. The lowest BCUT2D eigenvalue weighted by Crippen LogP contribution is -2.30. The molecule has 1 rings (SSSR count). The lowest BCUT2D eigenvalue weighted by molar-refractivity contribution is -0.140. The summed E-state index contributed by atoms with van der Waals surface area (Å²) in [7, 11) is 1.59. The maximum atomic E-state index is 11.8. The highest BCUT2D eigenvalue weighted by atomic mass is 16.5. The maximum Gasteiger partial charge on any atom is 0.328 e. The lowest BCUT2D eigenvalue weighted by Gasteiger charge is -2.11. The van der Waals surface area contributed by atoms with Crippen molar-refractivity contribution in [1.29, 1.82) is 0 Å². The Morgan fingerprint density at radius 3 is 2.94 bits per heavy atom. The number of nitrogens with zero attached hydrogens (tertiary/aromatic N) is 2. The number of carboxylic acids is 1. The fourth-order valence-electron chi connectivity index (χ4n) is 1.42. The number of carbonyl (C=O) groups is 2. The zero-order valence-corrected chi connectivity index (χ0v) is 10.4. The van der Waals surface area contributed by atoms with Crippen molar-refractivity contribution in [3.8, 4) is 0 Å². The van der Waals surface area contributed by atoms with Crippen LogP contribution in [0, 0.1) is 0 Å². The molecule has 0 aromatic carbocycles.